The van der Waals surface area contributed by atoms with Crippen molar-refractivity contribution in [2.45, 2.75) is 88.8 Å². The lowest BCUT2D eigenvalue weighted by molar-refractivity contribution is -0.146. The zero-order valence-electron chi connectivity index (χ0n) is 23.2. The van der Waals surface area contributed by atoms with Gasteiger partial charge in [-0.1, -0.05) is 50.3 Å². The SMILES string of the molecule is CNC[C@@H](CC(=O)N1CCC[C@@H]([C@@](O)(CCCCOC)c2ccccc2C(F)(F)F)C1)CC1CCCCC1. The molecule has 1 aromatic carbocycles. The molecule has 0 spiro atoms. The lowest BCUT2D eigenvalue weighted by Gasteiger charge is -2.44. The Balaban J connectivity index is 1.77. The summed E-state index contributed by atoms with van der Waals surface area (Å²) in [5.74, 6) is 0.499. The second-order valence-corrected chi connectivity index (χ2v) is 11.5. The lowest BCUT2D eigenvalue weighted by Crippen LogP contribution is -2.49. The number of hydrogen-bond donors (Lipinski definition) is 2. The van der Waals surface area contributed by atoms with Gasteiger partial charge in [0.1, 0.15) is 0 Å². The number of nitrogens with one attached hydrogen (secondary N) is 1. The zero-order valence-corrected chi connectivity index (χ0v) is 23.2. The van der Waals surface area contributed by atoms with Crippen LogP contribution in [0.3, 0.4) is 0 Å². The summed E-state index contributed by atoms with van der Waals surface area (Å²) in [6.07, 6.45) is 5.83. The molecule has 1 saturated heterocycles. The number of carbonyl (C=O) groups excluding carboxylic acids is 1. The van der Waals surface area contributed by atoms with E-state index in [1.807, 2.05) is 7.05 Å². The first kappa shape index (κ1) is 30.9. The van der Waals surface area contributed by atoms with E-state index in [4.69, 9.17) is 4.74 Å². The van der Waals surface area contributed by atoms with Gasteiger partial charge in [0.05, 0.1) is 11.2 Å². The molecule has 1 aromatic rings. The van der Waals surface area contributed by atoms with Gasteiger partial charge in [0, 0.05) is 39.1 Å². The van der Waals surface area contributed by atoms with Crippen LogP contribution in [0.25, 0.3) is 0 Å². The molecule has 2 aliphatic rings. The molecule has 0 unspecified atom stereocenters. The highest BCUT2D eigenvalue weighted by molar-refractivity contribution is 5.76. The van der Waals surface area contributed by atoms with Crippen LogP contribution in [0, 0.1) is 17.8 Å². The Morgan fingerprint density at radius 1 is 1.11 bits per heavy atom. The molecule has 1 amide bonds. The van der Waals surface area contributed by atoms with E-state index in [1.54, 1.807) is 18.1 Å². The van der Waals surface area contributed by atoms with E-state index in [9.17, 15) is 23.1 Å². The van der Waals surface area contributed by atoms with Gasteiger partial charge in [-0.25, -0.2) is 0 Å². The summed E-state index contributed by atoms with van der Waals surface area (Å²) in [6, 6.07) is 5.38. The van der Waals surface area contributed by atoms with Crippen molar-refractivity contribution in [1.29, 1.82) is 0 Å². The van der Waals surface area contributed by atoms with Gasteiger partial charge >= 0.3 is 6.18 Å². The molecule has 3 atom stereocenters. The Morgan fingerprint density at radius 3 is 2.47 bits per heavy atom. The van der Waals surface area contributed by atoms with Crippen LogP contribution in [0.4, 0.5) is 13.2 Å². The van der Waals surface area contributed by atoms with Gasteiger partial charge in [-0.15, -0.1) is 0 Å². The molecule has 216 valence electrons. The molecular weight excluding hydrogens is 493 g/mol. The summed E-state index contributed by atoms with van der Waals surface area (Å²) in [6.45, 7) is 2.13. The molecule has 0 radical (unpaired) electrons. The molecule has 0 aromatic heterocycles. The van der Waals surface area contributed by atoms with Gasteiger partial charge in [-0.3, -0.25) is 4.79 Å². The van der Waals surface area contributed by atoms with Crippen LogP contribution in [0.5, 0.6) is 0 Å². The zero-order chi connectivity index (χ0) is 27.6. The third kappa shape index (κ3) is 8.43. The summed E-state index contributed by atoms with van der Waals surface area (Å²) >= 11 is 0. The van der Waals surface area contributed by atoms with Gasteiger partial charge in [-0.05, 0) is 75.6 Å². The molecule has 1 saturated carbocycles. The van der Waals surface area contributed by atoms with Crippen molar-refractivity contribution in [3.63, 3.8) is 0 Å². The number of rotatable bonds is 13. The average molecular weight is 541 g/mol. The van der Waals surface area contributed by atoms with E-state index in [-0.39, 0.29) is 30.4 Å². The van der Waals surface area contributed by atoms with E-state index in [0.29, 0.717) is 51.2 Å². The van der Waals surface area contributed by atoms with Crippen molar-refractivity contribution >= 4 is 5.91 Å². The summed E-state index contributed by atoms with van der Waals surface area (Å²) in [7, 11) is 3.50. The number of nitrogens with zero attached hydrogens (tertiary/aromatic N) is 1. The Kier molecular flexibility index (Phi) is 11.9. The number of amides is 1. The maximum atomic E-state index is 14.0. The van der Waals surface area contributed by atoms with Crippen LogP contribution in [0.15, 0.2) is 24.3 Å². The summed E-state index contributed by atoms with van der Waals surface area (Å²) in [5.41, 5.74) is -2.54. The fourth-order valence-electron chi connectivity index (χ4n) is 6.70. The highest BCUT2D eigenvalue weighted by atomic mass is 19.4. The molecule has 8 heteroatoms. The number of carbonyl (C=O) groups is 1. The third-order valence-corrected chi connectivity index (χ3v) is 8.65. The number of aliphatic hydroxyl groups is 1. The largest absolute Gasteiger partial charge is 0.416 e. The Hall–Kier alpha value is -1.64. The van der Waals surface area contributed by atoms with Crippen molar-refractivity contribution in [2.24, 2.45) is 17.8 Å². The Bertz CT molecular complexity index is 859. The summed E-state index contributed by atoms with van der Waals surface area (Å²) < 4.78 is 47.1. The summed E-state index contributed by atoms with van der Waals surface area (Å²) in [4.78, 5) is 15.3. The fraction of sp³-hybridized carbons (Fsp3) is 0.767. The number of methoxy groups -OCH3 is 1. The molecule has 1 heterocycles. The van der Waals surface area contributed by atoms with Crippen LogP contribution in [-0.2, 0) is 21.3 Å². The first-order chi connectivity index (χ1) is 18.2. The minimum absolute atomic E-state index is 0.0524. The van der Waals surface area contributed by atoms with Crippen LogP contribution in [-0.4, -0.2) is 56.3 Å². The van der Waals surface area contributed by atoms with E-state index < -0.39 is 23.3 Å². The number of hydrogen-bond acceptors (Lipinski definition) is 4. The van der Waals surface area contributed by atoms with Gasteiger partial charge in [0.15, 0.2) is 0 Å². The second-order valence-electron chi connectivity index (χ2n) is 11.5. The van der Waals surface area contributed by atoms with Gasteiger partial charge < -0.3 is 20.1 Å². The highest BCUT2D eigenvalue weighted by Gasteiger charge is 2.46. The van der Waals surface area contributed by atoms with Crippen LogP contribution in [0.2, 0.25) is 0 Å². The number of alkyl halides is 3. The first-order valence-corrected chi connectivity index (χ1v) is 14.5. The third-order valence-electron chi connectivity index (χ3n) is 8.65. The minimum Gasteiger partial charge on any atom is -0.385 e. The van der Waals surface area contributed by atoms with Crippen molar-refractivity contribution in [3.05, 3.63) is 35.4 Å². The van der Waals surface area contributed by atoms with Gasteiger partial charge in [0.2, 0.25) is 5.91 Å². The normalized spacial score (nSPS) is 21.7. The number of likely N-dealkylation sites (tertiary alicyclic amines) is 1. The maximum Gasteiger partial charge on any atom is 0.416 e. The van der Waals surface area contributed by atoms with Crippen molar-refractivity contribution < 1.29 is 27.8 Å². The number of unbranched alkanes of at least 4 members (excludes halogenated alkanes) is 1. The molecule has 5 nitrogen and oxygen atoms in total. The van der Waals surface area contributed by atoms with Gasteiger partial charge in [-0.2, -0.15) is 13.2 Å². The van der Waals surface area contributed by atoms with E-state index in [0.717, 1.165) is 19.0 Å². The predicted octanol–water partition coefficient (Wildman–Crippen LogP) is 6.14. The number of piperidine rings is 1. The number of benzene rings is 1. The molecule has 2 fully saturated rings. The molecule has 3 rings (SSSR count). The lowest BCUT2D eigenvalue weighted by atomic mass is 9.72. The number of halogens is 3. The maximum absolute atomic E-state index is 14.0. The fourth-order valence-corrected chi connectivity index (χ4v) is 6.70. The van der Waals surface area contributed by atoms with Crippen molar-refractivity contribution in [3.8, 4) is 0 Å². The summed E-state index contributed by atoms with van der Waals surface area (Å²) in [5, 5.41) is 15.3. The quantitative estimate of drug-likeness (QED) is 0.295. The first-order valence-electron chi connectivity index (χ1n) is 14.5. The Labute approximate surface area is 226 Å². The average Bonchev–Trinajstić information content (AvgIpc) is 2.91. The molecule has 0 bridgehead atoms. The molecule has 38 heavy (non-hydrogen) atoms. The smallest absolute Gasteiger partial charge is 0.385 e. The van der Waals surface area contributed by atoms with Crippen LogP contribution < -0.4 is 5.32 Å². The van der Waals surface area contributed by atoms with Crippen molar-refractivity contribution in [2.75, 3.05) is 40.4 Å². The molecule has 1 aliphatic heterocycles. The van der Waals surface area contributed by atoms with Crippen LogP contribution >= 0.6 is 0 Å². The standard InChI is InChI=1S/C30H47F3N2O3/c1-34-21-24(19-23-11-4-3-5-12-23)20-28(36)35-17-10-13-25(22-35)29(37,16-8-9-18-38-2)26-14-6-7-15-27(26)30(31,32)33/h6-7,14-15,23-25,34,37H,3-5,8-13,16-22H2,1-2H3/t24-,25-,29+/m1/s1. The Morgan fingerprint density at radius 2 is 1.82 bits per heavy atom. The van der Waals surface area contributed by atoms with Crippen molar-refractivity contribution in [1.82, 2.24) is 10.2 Å². The predicted molar refractivity (Wildman–Crippen MR) is 144 cm³/mol. The topological polar surface area (TPSA) is 61.8 Å². The minimum atomic E-state index is -4.57. The van der Waals surface area contributed by atoms with Gasteiger partial charge in [0.25, 0.3) is 0 Å². The molecule has 1 aliphatic carbocycles. The van der Waals surface area contributed by atoms with Crippen LogP contribution in [0.1, 0.15) is 88.2 Å². The van der Waals surface area contributed by atoms with E-state index in [2.05, 4.69) is 5.32 Å². The molecule has 2 N–H and O–H groups in total. The van der Waals surface area contributed by atoms with E-state index in [1.165, 1.54) is 44.2 Å². The number of ether oxygens (including phenoxy) is 1. The highest BCUT2D eigenvalue weighted by Crippen LogP contribution is 2.45. The second kappa shape index (κ2) is 14.7. The van der Waals surface area contributed by atoms with E-state index >= 15 is 0 Å². The monoisotopic (exact) mass is 540 g/mol. The molecular formula is C30H47F3N2O3.